The second kappa shape index (κ2) is 8.69. The number of carbonyl (C=O) groups is 3. The number of nitrogens with one attached hydrogen (secondary N) is 1. The van der Waals surface area contributed by atoms with Crippen LogP contribution in [0, 0.1) is 5.41 Å². The van der Waals surface area contributed by atoms with Gasteiger partial charge in [-0.05, 0) is 37.1 Å². The molecule has 156 valence electrons. The molecule has 0 radical (unpaired) electrons. The van der Waals surface area contributed by atoms with Gasteiger partial charge in [0.05, 0.1) is 24.1 Å². The third-order valence-electron chi connectivity index (χ3n) is 4.61. The minimum atomic E-state index is -1.21. The summed E-state index contributed by atoms with van der Waals surface area (Å²) in [5, 5.41) is 13.6. The lowest BCUT2D eigenvalue weighted by atomic mass is 9.95. The Morgan fingerprint density at radius 1 is 1.23 bits per heavy atom. The van der Waals surface area contributed by atoms with Gasteiger partial charge in [0.25, 0.3) is 5.91 Å². The fourth-order valence-electron chi connectivity index (χ4n) is 2.92. The highest BCUT2D eigenvalue weighted by Crippen LogP contribution is 2.30. The van der Waals surface area contributed by atoms with E-state index in [9.17, 15) is 19.5 Å². The summed E-state index contributed by atoms with van der Waals surface area (Å²) in [4.78, 5) is 41.5. The van der Waals surface area contributed by atoms with E-state index < -0.39 is 17.3 Å². The maximum atomic E-state index is 12.3. The second-order valence-corrected chi connectivity index (χ2v) is 7.93. The van der Waals surface area contributed by atoms with Crippen molar-refractivity contribution in [2.24, 2.45) is 5.41 Å². The summed E-state index contributed by atoms with van der Waals surface area (Å²) in [6.45, 7) is 4.11. The number of aliphatic carboxylic acids is 1. The van der Waals surface area contributed by atoms with Crippen LogP contribution in [0.15, 0.2) is 54.6 Å². The lowest BCUT2D eigenvalue weighted by molar-refractivity contribution is -0.165. The number of amides is 2. The van der Waals surface area contributed by atoms with Crippen LogP contribution in [-0.2, 0) is 25.8 Å². The van der Waals surface area contributed by atoms with Gasteiger partial charge in [-0.3, -0.25) is 14.4 Å². The molecule has 1 aliphatic heterocycles. The zero-order valence-corrected chi connectivity index (χ0v) is 17.3. The molecule has 1 heterocycles. The molecule has 1 saturated heterocycles. The highest BCUT2D eigenvalue weighted by Gasteiger charge is 2.40. The number of hydrogen-bond acceptors (Lipinski definition) is 4. The van der Waals surface area contributed by atoms with Crippen molar-refractivity contribution in [1.82, 2.24) is 5.06 Å². The average molecular weight is 429 g/mol. The van der Waals surface area contributed by atoms with E-state index in [1.54, 1.807) is 42.5 Å². The van der Waals surface area contributed by atoms with E-state index in [-0.39, 0.29) is 18.0 Å². The van der Waals surface area contributed by atoms with Crippen LogP contribution in [0.3, 0.4) is 0 Å². The van der Waals surface area contributed by atoms with E-state index in [0.717, 1.165) is 6.08 Å². The van der Waals surface area contributed by atoms with Gasteiger partial charge in [0.1, 0.15) is 0 Å². The van der Waals surface area contributed by atoms with Gasteiger partial charge in [-0.25, -0.2) is 9.86 Å². The Morgan fingerprint density at radius 3 is 2.50 bits per heavy atom. The molecule has 0 unspecified atom stereocenters. The maximum Gasteiger partial charge on any atom is 0.336 e. The molecule has 2 aromatic carbocycles. The van der Waals surface area contributed by atoms with Crippen molar-refractivity contribution in [3.8, 4) is 0 Å². The highest BCUT2D eigenvalue weighted by molar-refractivity contribution is 6.31. The number of carboxylic acid groups (broad SMARTS) is 1. The normalized spacial score (nSPS) is 15.9. The molecule has 0 aliphatic carbocycles. The minimum Gasteiger partial charge on any atom is -0.478 e. The summed E-state index contributed by atoms with van der Waals surface area (Å²) in [6, 6.07) is 13.2. The van der Waals surface area contributed by atoms with Crippen molar-refractivity contribution in [1.29, 1.82) is 0 Å². The Balaban J connectivity index is 1.71. The summed E-state index contributed by atoms with van der Waals surface area (Å²) in [5.74, 6) is -1.92. The van der Waals surface area contributed by atoms with Gasteiger partial charge in [0, 0.05) is 16.8 Å². The van der Waals surface area contributed by atoms with Gasteiger partial charge in [0.15, 0.2) is 0 Å². The van der Waals surface area contributed by atoms with E-state index >= 15 is 0 Å². The van der Waals surface area contributed by atoms with Crippen LogP contribution < -0.4 is 5.32 Å². The number of carboxylic acids is 1. The molecule has 0 bridgehead atoms. The standard InChI is InChI=1S/C22H21ClN2O5/c1-22(2)13-30-25(21(22)29)12-15-8-9-16(10-18(15)23)24-19(26)11-17(20(27)28)14-6-4-3-5-7-14/h3-11H,12-13H2,1-2H3,(H,24,26)(H,27,28). The first-order valence-corrected chi connectivity index (χ1v) is 9.60. The van der Waals surface area contributed by atoms with Crippen LogP contribution in [-0.4, -0.2) is 34.6 Å². The van der Waals surface area contributed by atoms with Gasteiger partial charge >= 0.3 is 5.97 Å². The average Bonchev–Trinajstić information content (AvgIpc) is 2.95. The van der Waals surface area contributed by atoms with Gasteiger partial charge in [-0.15, -0.1) is 0 Å². The first-order chi connectivity index (χ1) is 14.2. The zero-order valence-electron chi connectivity index (χ0n) is 16.5. The monoisotopic (exact) mass is 428 g/mol. The van der Waals surface area contributed by atoms with Gasteiger partial charge < -0.3 is 10.4 Å². The molecule has 3 rings (SSSR count). The number of hydroxylamine groups is 2. The predicted molar refractivity (Wildman–Crippen MR) is 112 cm³/mol. The number of hydrogen-bond donors (Lipinski definition) is 2. The van der Waals surface area contributed by atoms with Crippen LogP contribution in [0.2, 0.25) is 5.02 Å². The van der Waals surface area contributed by atoms with E-state index in [1.807, 2.05) is 13.8 Å². The van der Waals surface area contributed by atoms with Crippen LogP contribution in [0.1, 0.15) is 25.0 Å². The first kappa shape index (κ1) is 21.5. The van der Waals surface area contributed by atoms with Crippen molar-refractivity contribution >= 4 is 40.6 Å². The zero-order chi connectivity index (χ0) is 21.9. The number of anilines is 1. The molecule has 0 saturated carbocycles. The quantitative estimate of drug-likeness (QED) is 0.683. The molecule has 30 heavy (non-hydrogen) atoms. The van der Waals surface area contributed by atoms with E-state index in [4.69, 9.17) is 16.4 Å². The van der Waals surface area contributed by atoms with Crippen molar-refractivity contribution in [2.45, 2.75) is 20.4 Å². The molecular weight excluding hydrogens is 408 g/mol. The molecule has 7 nitrogen and oxygen atoms in total. The van der Waals surface area contributed by atoms with Crippen LogP contribution in [0.25, 0.3) is 5.57 Å². The maximum absolute atomic E-state index is 12.3. The largest absolute Gasteiger partial charge is 0.478 e. The number of benzene rings is 2. The Hall–Kier alpha value is -3.16. The van der Waals surface area contributed by atoms with Gasteiger partial charge in [-0.2, -0.15) is 0 Å². The molecular formula is C22H21ClN2O5. The first-order valence-electron chi connectivity index (χ1n) is 9.22. The van der Waals surface area contributed by atoms with Crippen LogP contribution in [0.4, 0.5) is 5.69 Å². The smallest absolute Gasteiger partial charge is 0.336 e. The van der Waals surface area contributed by atoms with Crippen molar-refractivity contribution in [3.63, 3.8) is 0 Å². The molecule has 2 N–H and O–H groups in total. The molecule has 2 aromatic rings. The van der Waals surface area contributed by atoms with Crippen molar-refractivity contribution < 1.29 is 24.3 Å². The summed E-state index contributed by atoms with van der Waals surface area (Å²) in [6.07, 6.45) is 1.03. The number of carbonyl (C=O) groups excluding carboxylic acids is 2. The third kappa shape index (κ3) is 4.87. The van der Waals surface area contributed by atoms with E-state index in [0.29, 0.717) is 28.4 Å². The third-order valence-corrected chi connectivity index (χ3v) is 4.96. The van der Waals surface area contributed by atoms with Crippen LogP contribution in [0.5, 0.6) is 0 Å². The Labute approximate surface area is 178 Å². The molecule has 0 spiro atoms. The Bertz CT molecular complexity index is 1020. The van der Waals surface area contributed by atoms with Crippen molar-refractivity contribution in [3.05, 3.63) is 70.8 Å². The van der Waals surface area contributed by atoms with Crippen molar-refractivity contribution in [2.75, 3.05) is 11.9 Å². The minimum absolute atomic E-state index is 0.122. The molecule has 8 heteroatoms. The predicted octanol–water partition coefficient (Wildman–Crippen LogP) is 3.75. The highest BCUT2D eigenvalue weighted by atomic mass is 35.5. The Morgan fingerprint density at radius 2 is 1.93 bits per heavy atom. The lowest BCUT2D eigenvalue weighted by Gasteiger charge is -2.17. The molecule has 1 fully saturated rings. The summed E-state index contributed by atoms with van der Waals surface area (Å²) < 4.78 is 0. The molecule has 0 atom stereocenters. The Kier molecular flexibility index (Phi) is 6.24. The fraction of sp³-hybridized carbons (Fsp3) is 0.227. The fourth-order valence-corrected chi connectivity index (χ4v) is 3.16. The topological polar surface area (TPSA) is 95.9 Å². The van der Waals surface area contributed by atoms with Gasteiger partial charge in [-0.1, -0.05) is 48.0 Å². The number of halogens is 1. The van der Waals surface area contributed by atoms with E-state index in [1.165, 1.54) is 11.1 Å². The summed E-state index contributed by atoms with van der Waals surface area (Å²) >= 11 is 6.31. The number of rotatable bonds is 6. The second-order valence-electron chi connectivity index (χ2n) is 7.52. The summed E-state index contributed by atoms with van der Waals surface area (Å²) in [7, 11) is 0. The van der Waals surface area contributed by atoms with Crippen LogP contribution >= 0.6 is 11.6 Å². The molecule has 0 aromatic heterocycles. The lowest BCUT2D eigenvalue weighted by Crippen LogP contribution is -2.30. The SMILES string of the molecule is CC1(C)CON(Cc2ccc(NC(=O)C=C(C(=O)O)c3ccccc3)cc2Cl)C1=O. The number of nitrogens with zero attached hydrogens (tertiary/aromatic N) is 1. The summed E-state index contributed by atoms with van der Waals surface area (Å²) in [5.41, 5.74) is 0.784. The molecule has 1 aliphatic rings. The van der Waals surface area contributed by atoms with E-state index in [2.05, 4.69) is 5.32 Å². The molecule has 2 amide bonds. The van der Waals surface area contributed by atoms with Gasteiger partial charge in [0.2, 0.25) is 5.91 Å².